The molecule has 1 saturated heterocycles. The van der Waals surface area contributed by atoms with Crippen molar-refractivity contribution in [3.05, 3.63) is 11.1 Å². The molecule has 0 bridgehead atoms. The Morgan fingerprint density at radius 1 is 1.71 bits per heavy atom. The van der Waals surface area contributed by atoms with E-state index in [1.54, 1.807) is 11.3 Å². The third-order valence-electron chi connectivity index (χ3n) is 2.61. The molecule has 6 heteroatoms. The average Bonchev–Trinajstić information content (AvgIpc) is 2.97. The van der Waals surface area contributed by atoms with Gasteiger partial charge >= 0.3 is 5.97 Å². The van der Waals surface area contributed by atoms with E-state index in [1.807, 2.05) is 17.1 Å². The van der Waals surface area contributed by atoms with Crippen molar-refractivity contribution in [3.8, 4) is 0 Å². The normalized spacial score (nSPS) is 19.2. The van der Waals surface area contributed by atoms with E-state index >= 15 is 0 Å². The van der Waals surface area contributed by atoms with Gasteiger partial charge in [0.25, 0.3) is 0 Å². The third-order valence-corrected chi connectivity index (χ3v) is 4.86. The van der Waals surface area contributed by atoms with Gasteiger partial charge in [0.2, 0.25) is 0 Å². The fourth-order valence-corrected chi connectivity index (χ4v) is 3.62. The zero-order valence-corrected chi connectivity index (χ0v) is 11.4. The van der Waals surface area contributed by atoms with Gasteiger partial charge in [-0.3, -0.25) is 4.79 Å². The summed E-state index contributed by atoms with van der Waals surface area (Å²) >= 11 is 3.57. The van der Waals surface area contributed by atoms with Gasteiger partial charge in [0.05, 0.1) is 19.2 Å². The molecule has 4 nitrogen and oxygen atoms in total. The summed E-state index contributed by atoms with van der Waals surface area (Å²) in [5.74, 6) is 1.03. The molecule has 0 radical (unpaired) electrons. The fraction of sp³-hybridized carbons (Fsp3) is 0.636. The zero-order chi connectivity index (χ0) is 12.1. The minimum absolute atomic E-state index is 0.242. The van der Waals surface area contributed by atoms with E-state index in [9.17, 15) is 4.79 Å². The van der Waals surface area contributed by atoms with Crippen molar-refractivity contribution in [1.29, 1.82) is 0 Å². The summed E-state index contributed by atoms with van der Waals surface area (Å²) < 4.78 is 4.61. The van der Waals surface area contributed by atoms with E-state index in [0.29, 0.717) is 5.25 Å². The molecule has 1 atom stereocenters. The number of hydrogen-bond donors (Lipinski definition) is 1. The van der Waals surface area contributed by atoms with Gasteiger partial charge in [-0.25, -0.2) is 4.98 Å². The molecule has 17 heavy (non-hydrogen) atoms. The van der Waals surface area contributed by atoms with Crippen molar-refractivity contribution in [2.45, 2.75) is 24.5 Å². The van der Waals surface area contributed by atoms with Crippen LogP contribution in [0.1, 0.15) is 18.5 Å². The van der Waals surface area contributed by atoms with Crippen LogP contribution in [0.25, 0.3) is 0 Å². The lowest BCUT2D eigenvalue weighted by Gasteiger charge is -2.08. The summed E-state index contributed by atoms with van der Waals surface area (Å²) in [4.78, 5) is 15.4. The first-order chi connectivity index (χ1) is 8.28. The van der Waals surface area contributed by atoms with Crippen LogP contribution in [0.15, 0.2) is 5.38 Å². The number of nitrogens with zero attached hydrogens (tertiary/aromatic N) is 1. The number of aromatic nitrogens is 1. The summed E-state index contributed by atoms with van der Waals surface area (Å²) in [6.07, 6.45) is 2.87. The van der Waals surface area contributed by atoms with E-state index in [2.05, 4.69) is 15.0 Å². The largest absolute Gasteiger partial charge is 0.469 e. The second kappa shape index (κ2) is 6.26. The fourth-order valence-electron chi connectivity index (χ4n) is 1.70. The second-order valence-corrected chi connectivity index (χ2v) is 6.18. The monoisotopic (exact) mass is 272 g/mol. The quantitative estimate of drug-likeness (QED) is 0.833. The van der Waals surface area contributed by atoms with Crippen molar-refractivity contribution < 1.29 is 9.53 Å². The topological polar surface area (TPSA) is 51.2 Å². The lowest BCUT2D eigenvalue weighted by molar-refractivity contribution is -0.139. The number of hydrogen-bond acceptors (Lipinski definition) is 6. The molecule has 0 aromatic carbocycles. The van der Waals surface area contributed by atoms with E-state index in [-0.39, 0.29) is 12.4 Å². The van der Waals surface area contributed by atoms with Gasteiger partial charge in [-0.15, -0.1) is 11.3 Å². The van der Waals surface area contributed by atoms with Gasteiger partial charge in [0.1, 0.15) is 0 Å². The first kappa shape index (κ1) is 12.7. The van der Waals surface area contributed by atoms with Gasteiger partial charge in [-0.2, -0.15) is 11.8 Å². The Kier molecular flexibility index (Phi) is 4.67. The van der Waals surface area contributed by atoms with Crippen LogP contribution in [0.3, 0.4) is 0 Å². The Labute approximate surface area is 109 Å². The number of thioether (sulfide) groups is 1. The Balaban J connectivity index is 1.79. The molecule has 0 spiro atoms. The molecule has 0 aliphatic carbocycles. The number of esters is 1. The molecule has 2 heterocycles. The SMILES string of the molecule is COC(=O)Cc1csc(NCC2CCCS2)n1. The van der Waals surface area contributed by atoms with Crippen molar-refractivity contribution in [2.75, 3.05) is 24.7 Å². The van der Waals surface area contributed by atoms with Gasteiger partial charge in [0, 0.05) is 17.2 Å². The lowest BCUT2D eigenvalue weighted by atomic mass is 10.2. The highest BCUT2D eigenvalue weighted by molar-refractivity contribution is 8.00. The summed E-state index contributed by atoms with van der Waals surface area (Å²) in [6.45, 7) is 0.968. The van der Waals surface area contributed by atoms with Crippen LogP contribution < -0.4 is 5.32 Å². The molecule has 1 aliphatic rings. The molecular weight excluding hydrogens is 256 g/mol. The first-order valence-corrected chi connectivity index (χ1v) is 7.57. The van der Waals surface area contributed by atoms with E-state index in [0.717, 1.165) is 17.4 Å². The number of carbonyl (C=O) groups excluding carboxylic acids is 1. The molecule has 2 rings (SSSR count). The summed E-state index contributed by atoms with van der Waals surface area (Å²) in [5, 5.41) is 6.85. The van der Waals surface area contributed by atoms with Gasteiger partial charge in [0.15, 0.2) is 5.13 Å². The lowest BCUT2D eigenvalue weighted by Crippen LogP contribution is -2.13. The van der Waals surface area contributed by atoms with Crippen molar-refractivity contribution in [3.63, 3.8) is 0 Å². The number of thiazole rings is 1. The predicted molar refractivity (Wildman–Crippen MR) is 71.8 cm³/mol. The second-order valence-electron chi connectivity index (χ2n) is 3.91. The molecule has 1 fully saturated rings. The highest BCUT2D eigenvalue weighted by Gasteiger charge is 2.15. The predicted octanol–water partition coefficient (Wildman–Crippen LogP) is 2.17. The molecule has 1 N–H and O–H groups in total. The van der Waals surface area contributed by atoms with Crippen LogP contribution in [-0.4, -0.2) is 35.6 Å². The molecule has 0 amide bonds. The number of anilines is 1. The Bertz CT molecular complexity index is 375. The molecule has 1 aliphatic heterocycles. The molecular formula is C11H16N2O2S2. The van der Waals surface area contributed by atoms with Crippen molar-refractivity contribution in [1.82, 2.24) is 4.98 Å². The summed E-state index contributed by atoms with van der Waals surface area (Å²) in [5.41, 5.74) is 0.781. The van der Waals surface area contributed by atoms with E-state index < -0.39 is 0 Å². The highest BCUT2D eigenvalue weighted by atomic mass is 32.2. The van der Waals surface area contributed by atoms with E-state index in [1.165, 1.54) is 25.7 Å². The Morgan fingerprint density at radius 2 is 2.59 bits per heavy atom. The van der Waals surface area contributed by atoms with Crippen LogP contribution >= 0.6 is 23.1 Å². The smallest absolute Gasteiger partial charge is 0.311 e. The number of methoxy groups -OCH3 is 1. The van der Waals surface area contributed by atoms with Crippen LogP contribution in [0, 0.1) is 0 Å². The van der Waals surface area contributed by atoms with Crippen LogP contribution in [-0.2, 0) is 16.0 Å². The third kappa shape index (κ3) is 3.89. The highest BCUT2D eigenvalue weighted by Crippen LogP contribution is 2.26. The Hall–Kier alpha value is -0.750. The number of ether oxygens (including phenoxy) is 1. The average molecular weight is 272 g/mol. The van der Waals surface area contributed by atoms with Gasteiger partial charge in [-0.1, -0.05) is 0 Å². The standard InChI is InChI=1S/C11H16N2O2S2/c1-15-10(14)5-8-7-17-11(13-8)12-6-9-3-2-4-16-9/h7,9H,2-6H2,1H3,(H,12,13). The Morgan fingerprint density at radius 3 is 3.29 bits per heavy atom. The number of carbonyl (C=O) groups is 1. The zero-order valence-electron chi connectivity index (χ0n) is 9.77. The van der Waals surface area contributed by atoms with Crippen LogP contribution in [0.5, 0.6) is 0 Å². The maximum Gasteiger partial charge on any atom is 0.311 e. The molecule has 0 saturated carbocycles. The maximum atomic E-state index is 11.1. The minimum atomic E-state index is -0.242. The first-order valence-electron chi connectivity index (χ1n) is 5.64. The van der Waals surface area contributed by atoms with Gasteiger partial charge < -0.3 is 10.1 Å². The molecule has 94 valence electrons. The van der Waals surface area contributed by atoms with Crippen LogP contribution in [0.4, 0.5) is 5.13 Å². The summed E-state index contributed by atoms with van der Waals surface area (Å²) in [6, 6.07) is 0. The number of rotatable bonds is 5. The minimum Gasteiger partial charge on any atom is -0.469 e. The molecule has 1 aromatic heterocycles. The van der Waals surface area contributed by atoms with Crippen molar-refractivity contribution in [2.24, 2.45) is 0 Å². The molecule has 1 unspecified atom stereocenters. The maximum absolute atomic E-state index is 11.1. The number of nitrogens with one attached hydrogen (secondary N) is 1. The van der Waals surface area contributed by atoms with E-state index in [4.69, 9.17) is 0 Å². The van der Waals surface area contributed by atoms with Crippen molar-refractivity contribution >= 4 is 34.2 Å². The summed E-state index contributed by atoms with van der Waals surface area (Å²) in [7, 11) is 1.39. The molecule has 1 aromatic rings. The van der Waals surface area contributed by atoms with Gasteiger partial charge in [-0.05, 0) is 18.6 Å². The van der Waals surface area contributed by atoms with Crippen LogP contribution in [0.2, 0.25) is 0 Å².